The van der Waals surface area contributed by atoms with Crippen LogP contribution in [0.25, 0.3) is 6.08 Å². The van der Waals surface area contributed by atoms with Crippen LogP contribution in [0.4, 0.5) is 5.69 Å². The standard InChI is InChI=1S/C22H19NO5/c1-3-28-22(27)19-14(2)23(17-7-5-4-6-8-17)20(24)18(19)13-15-9-11-16(12-10-15)21(25)26/h4-13H,3H2,1-2H3,(H,25,26)/p-1/b18-13-. The smallest absolute Gasteiger partial charge is 0.340 e. The Balaban J connectivity index is 2.08. The van der Waals surface area contributed by atoms with Crippen LogP contribution in [0.15, 0.2) is 71.4 Å². The number of carbonyl (C=O) groups excluding carboxylic acids is 3. The fraction of sp³-hybridized carbons (Fsp3) is 0.136. The lowest BCUT2D eigenvalue weighted by atomic mass is 10.0. The van der Waals surface area contributed by atoms with Crippen LogP contribution >= 0.6 is 0 Å². The number of rotatable bonds is 5. The number of anilines is 1. The average molecular weight is 376 g/mol. The van der Waals surface area contributed by atoms with Gasteiger partial charge in [0.25, 0.3) is 5.91 Å². The number of ether oxygens (including phenoxy) is 1. The predicted molar refractivity (Wildman–Crippen MR) is 102 cm³/mol. The molecule has 28 heavy (non-hydrogen) atoms. The molecule has 6 nitrogen and oxygen atoms in total. The number of allylic oxidation sites excluding steroid dienone is 1. The molecule has 0 unspecified atom stereocenters. The number of carboxylic acids is 1. The first kappa shape index (κ1) is 19.1. The normalized spacial score (nSPS) is 15.3. The Morgan fingerprint density at radius 2 is 1.71 bits per heavy atom. The van der Waals surface area contributed by atoms with Gasteiger partial charge in [0, 0.05) is 11.4 Å². The minimum absolute atomic E-state index is 0.0307. The van der Waals surface area contributed by atoms with E-state index < -0.39 is 11.9 Å². The molecular weight excluding hydrogens is 358 g/mol. The van der Waals surface area contributed by atoms with Crippen molar-refractivity contribution in [2.75, 3.05) is 11.5 Å². The molecule has 0 bridgehead atoms. The van der Waals surface area contributed by atoms with Crippen molar-refractivity contribution in [2.24, 2.45) is 0 Å². The number of para-hydroxylation sites is 1. The lowest BCUT2D eigenvalue weighted by Gasteiger charge is -2.17. The van der Waals surface area contributed by atoms with Crippen molar-refractivity contribution in [1.82, 2.24) is 0 Å². The molecule has 0 atom stereocenters. The van der Waals surface area contributed by atoms with Gasteiger partial charge in [0.15, 0.2) is 0 Å². The maximum atomic E-state index is 13.1. The van der Waals surface area contributed by atoms with Crippen molar-refractivity contribution in [3.8, 4) is 0 Å². The first-order valence-electron chi connectivity index (χ1n) is 8.75. The van der Waals surface area contributed by atoms with E-state index in [-0.39, 0.29) is 29.2 Å². The van der Waals surface area contributed by atoms with E-state index in [4.69, 9.17) is 4.74 Å². The third-order valence-electron chi connectivity index (χ3n) is 4.35. The fourth-order valence-corrected chi connectivity index (χ4v) is 3.05. The molecule has 0 spiro atoms. The van der Waals surface area contributed by atoms with Gasteiger partial charge in [-0.25, -0.2) is 4.79 Å². The molecule has 1 aliphatic heterocycles. The molecule has 2 aromatic rings. The SMILES string of the molecule is CCOC(=O)C1=C(C)N(c2ccccc2)C(=O)/C1=C\c1ccc(C(=O)[O-])cc1. The Labute approximate surface area is 162 Å². The second-order valence-corrected chi connectivity index (χ2v) is 6.12. The lowest BCUT2D eigenvalue weighted by Crippen LogP contribution is -2.24. The van der Waals surface area contributed by atoms with Crippen LogP contribution in [-0.2, 0) is 14.3 Å². The van der Waals surface area contributed by atoms with E-state index in [1.165, 1.54) is 17.0 Å². The topological polar surface area (TPSA) is 86.7 Å². The van der Waals surface area contributed by atoms with Crippen molar-refractivity contribution in [1.29, 1.82) is 0 Å². The highest BCUT2D eigenvalue weighted by Crippen LogP contribution is 2.35. The molecule has 3 rings (SSSR count). The number of carboxylic acid groups (broad SMARTS) is 1. The van der Waals surface area contributed by atoms with Crippen LogP contribution in [-0.4, -0.2) is 24.5 Å². The van der Waals surface area contributed by atoms with Gasteiger partial charge < -0.3 is 14.6 Å². The van der Waals surface area contributed by atoms with Crippen molar-refractivity contribution in [2.45, 2.75) is 13.8 Å². The number of amides is 1. The van der Waals surface area contributed by atoms with Crippen molar-refractivity contribution < 1.29 is 24.2 Å². The van der Waals surface area contributed by atoms with E-state index in [1.54, 1.807) is 56.3 Å². The molecule has 1 heterocycles. The average Bonchev–Trinajstić information content (AvgIpc) is 2.93. The number of aromatic carboxylic acids is 1. The molecule has 0 saturated carbocycles. The summed E-state index contributed by atoms with van der Waals surface area (Å²) in [6.45, 7) is 3.57. The molecule has 0 aromatic heterocycles. The van der Waals surface area contributed by atoms with Gasteiger partial charge in [-0.15, -0.1) is 0 Å². The third-order valence-corrected chi connectivity index (χ3v) is 4.35. The van der Waals surface area contributed by atoms with Gasteiger partial charge >= 0.3 is 5.97 Å². The molecule has 0 radical (unpaired) electrons. The minimum Gasteiger partial charge on any atom is -0.545 e. The van der Waals surface area contributed by atoms with E-state index in [9.17, 15) is 19.5 Å². The zero-order chi connectivity index (χ0) is 20.3. The Kier molecular flexibility index (Phi) is 5.40. The van der Waals surface area contributed by atoms with Gasteiger partial charge in [-0.2, -0.15) is 0 Å². The minimum atomic E-state index is -1.28. The number of benzene rings is 2. The Bertz CT molecular complexity index is 987. The van der Waals surface area contributed by atoms with Gasteiger partial charge in [0.2, 0.25) is 0 Å². The van der Waals surface area contributed by atoms with E-state index in [2.05, 4.69) is 0 Å². The zero-order valence-corrected chi connectivity index (χ0v) is 15.5. The van der Waals surface area contributed by atoms with E-state index in [0.717, 1.165) is 0 Å². The van der Waals surface area contributed by atoms with Gasteiger partial charge in [-0.05, 0) is 43.2 Å². The van der Waals surface area contributed by atoms with Gasteiger partial charge in [-0.3, -0.25) is 9.69 Å². The van der Waals surface area contributed by atoms with Crippen molar-refractivity contribution in [3.05, 3.63) is 82.6 Å². The predicted octanol–water partition coefficient (Wildman–Crippen LogP) is 2.32. The summed E-state index contributed by atoms with van der Waals surface area (Å²) >= 11 is 0. The van der Waals surface area contributed by atoms with Crippen molar-refractivity contribution >= 4 is 29.6 Å². The van der Waals surface area contributed by atoms with Crippen LogP contribution < -0.4 is 10.0 Å². The van der Waals surface area contributed by atoms with Crippen molar-refractivity contribution in [3.63, 3.8) is 0 Å². The van der Waals surface area contributed by atoms with E-state index in [1.807, 2.05) is 6.07 Å². The zero-order valence-electron chi connectivity index (χ0n) is 15.5. The number of esters is 1. The highest BCUT2D eigenvalue weighted by Gasteiger charge is 2.37. The second kappa shape index (κ2) is 7.92. The largest absolute Gasteiger partial charge is 0.545 e. The summed E-state index contributed by atoms with van der Waals surface area (Å²) in [5.41, 5.74) is 2.12. The first-order chi connectivity index (χ1) is 13.4. The molecule has 2 aromatic carbocycles. The van der Waals surface area contributed by atoms with Gasteiger partial charge in [-0.1, -0.05) is 42.5 Å². The van der Waals surface area contributed by atoms with Crippen LogP contribution in [0.5, 0.6) is 0 Å². The summed E-state index contributed by atoms with van der Waals surface area (Å²) in [7, 11) is 0. The van der Waals surface area contributed by atoms with E-state index in [0.29, 0.717) is 16.9 Å². The molecule has 1 amide bonds. The molecule has 0 saturated heterocycles. The van der Waals surface area contributed by atoms with E-state index >= 15 is 0 Å². The first-order valence-corrected chi connectivity index (χ1v) is 8.75. The van der Waals surface area contributed by atoms with Gasteiger partial charge in [0.1, 0.15) is 0 Å². The molecule has 0 fully saturated rings. The molecule has 0 N–H and O–H groups in total. The molecular formula is C22H18NO5-. The van der Waals surface area contributed by atoms with Gasteiger partial charge in [0.05, 0.1) is 23.7 Å². The van der Waals surface area contributed by atoms with Crippen LogP contribution in [0, 0.1) is 0 Å². The number of hydrogen-bond donors (Lipinski definition) is 0. The van der Waals surface area contributed by atoms with Crippen LogP contribution in [0.3, 0.4) is 0 Å². The summed E-state index contributed by atoms with van der Waals surface area (Å²) in [5, 5.41) is 10.9. The number of hydrogen-bond acceptors (Lipinski definition) is 5. The molecule has 6 heteroatoms. The Morgan fingerprint density at radius 1 is 1.07 bits per heavy atom. The maximum absolute atomic E-state index is 13.1. The maximum Gasteiger partial charge on any atom is 0.340 e. The fourth-order valence-electron chi connectivity index (χ4n) is 3.05. The Morgan fingerprint density at radius 3 is 2.29 bits per heavy atom. The lowest BCUT2D eigenvalue weighted by molar-refractivity contribution is -0.255. The summed E-state index contributed by atoms with van der Waals surface area (Å²) in [4.78, 5) is 38.0. The third kappa shape index (κ3) is 3.57. The number of carbonyl (C=O) groups is 3. The summed E-state index contributed by atoms with van der Waals surface area (Å²) in [6, 6.07) is 14.9. The summed E-state index contributed by atoms with van der Waals surface area (Å²) in [6.07, 6.45) is 1.56. The van der Waals surface area contributed by atoms with Crippen LogP contribution in [0.2, 0.25) is 0 Å². The second-order valence-electron chi connectivity index (χ2n) is 6.12. The monoisotopic (exact) mass is 376 g/mol. The number of nitrogens with zero attached hydrogens (tertiary/aromatic N) is 1. The summed E-state index contributed by atoms with van der Waals surface area (Å²) in [5.74, 6) is -2.21. The highest BCUT2D eigenvalue weighted by atomic mass is 16.5. The molecule has 0 aliphatic carbocycles. The van der Waals surface area contributed by atoms with Crippen LogP contribution in [0.1, 0.15) is 29.8 Å². The highest BCUT2D eigenvalue weighted by molar-refractivity contribution is 6.23. The quantitative estimate of drug-likeness (QED) is 0.590. The molecule has 142 valence electrons. The Hall–Kier alpha value is -3.67. The summed E-state index contributed by atoms with van der Waals surface area (Å²) < 4.78 is 5.14. The molecule has 1 aliphatic rings.